The molecule has 0 saturated carbocycles. The van der Waals surface area contributed by atoms with E-state index in [4.69, 9.17) is 4.74 Å². The first kappa shape index (κ1) is 16.6. The Morgan fingerprint density at radius 1 is 1.24 bits per heavy atom. The van der Waals surface area contributed by atoms with Crippen LogP contribution in [0.2, 0.25) is 0 Å². The Morgan fingerprint density at radius 2 is 1.82 bits per heavy atom. The van der Waals surface area contributed by atoms with E-state index in [0.717, 1.165) is 19.3 Å². The first-order valence-corrected chi connectivity index (χ1v) is 5.83. The molecule has 0 aliphatic carbocycles. The predicted octanol–water partition coefficient (Wildman–Crippen LogP) is 3.81. The van der Waals surface area contributed by atoms with Gasteiger partial charge in [0.1, 0.15) is 5.75 Å². The van der Waals surface area contributed by atoms with Crippen LogP contribution < -0.4 is 4.74 Å². The second-order valence-electron chi connectivity index (χ2n) is 4.69. The van der Waals surface area contributed by atoms with Crippen LogP contribution in [-0.2, 0) is 32.5 Å². The number of benzene rings is 1. The van der Waals surface area contributed by atoms with Crippen LogP contribution >= 0.6 is 0 Å². The molecule has 0 saturated heterocycles. The van der Waals surface area contributed by atoms with Crippen molar-refractivity contribution in [2.24, 2.45) is 5.41 Å². The fourth-order valence-corrected chi connectivity index (χ4v) is 1.45. The van der Waals surface area contributed by atoms with Crippen LogP contribution in [0.3, 0.4) is 0 Å². The molecular weight excluding hydrogens is 401 g/mol. The standard InChI is InChI=1S/C14H20O2.Hg/c1-4-5-11-14(2,3)13(15)16-12-9-7-6-8-10-12;/h6-10H,4-5,11H2,1-3H3;. The van der Waals surface area contributed by atoms with Crippen molar-refractivity contribution in [1.82, 2.24) is 0 Å². The van der Waals surface area contributed by atoms with Crippen molar-refractivity contribution in [3.63, 3.8) is 0 Å². The molecule has 1 rings (SSSR count). The minimum Gasteiger partial charge on any atom is -0.426 e. The molecule has 0 aliphatic heterocycles. The van der Waals surface area contributed by atoms with Crippen LogP contribution in [0.5, 0.6) is 5.75 Å². The maximum Gasteiger partial charge on any atom is 0.316 e. The number of hydrogen-bond acceptors (Lipinski definition) is 2. The van der Waals surface area contributed by atoms with Crippen LogP contribution in [0.15, 0.2) is 30.3 Å². The van der Waals surface area contributed by atoms with Gasteiger partial charge in [0, 0.05) is 27.7 Å². The molecule has 0 radical (unpaired) electrons. The van der Waals surface area contributed by atoms with Crippen molar-refractivity contribution in [2.45, 2.75) is 40.0 Å². The molecule has 0 amide bonds. The van der Waals surface area contributed by atoms with Gasteiger partial charge in [0.05, 0.1) is 5.41 Å². The monoisotopic (exact) mass is 422 g/mol. The third-order valence-corrected chi connectivity index (χ3v) is 2.66. The minimum absolute atomic E-state index is 0. The van der Waals surface area contributed by atoms with E-state index in [9.17, 15) is 4.79 Å². The zero-order valence-corrected chi connectivity index (χ0v) is 16.5. The number of esters is 1. The van der Waals surface area contributed by atoms with E-state index in [1.807, 2.05) is 32.0 Å². The van der Waals surface area contributed by atoms with Gasteiger partial charge < -0.3 is 4.74 Å². The van der Waals surface area contributed by atoms with Crippen molar-refractivity contribution in [3.8, 4) is 5.75 Å². The summed E-state index contributed by atoms with van der Waals surface area (Å²) in [7, 11) is 0. The van der Waals surface area contributed by atoms with Crippen molar-refractivity contribution in [3.05, 3.63) is 30.3 Å². The van der Waals surface area contributed by atoms with E-state index in [-0.39, 0.29) is 33.6 Å². The minimum atomic E-state index is -0.397. The van der Waals surface area contributed by atoms with Crippen molar-refractivity contribution in [1.29, 1.82) is 0 Å². The van der Waals surface area contributed by atoms with E-state index >= 15 is 0 Å². The average Bonchev–Trinajstić information content (AvgIpc) is 2.28. The van der Waals surface area contributed by atoms with Gasteiger partial charge in [-0.05, 0) is 32.4 Å². The molecule has 0 unspecified atom stereocenters. The first-order valence-electron chi connectivity index (χ1n) is 5.83. The number of unbranched alkanes of at least 4 members (excludes halogenated alkanes) is 1. The average molecular weight is 421 g/mol. The first-order chi connectivity index (χ1) is 7.56. The van der Waals surface area contributed by atoms with Gasteiger partial charge >= 0.3 is 5.97 Å². The van der Waals surface area contributed by atoms with E-state index in [1.54, 1.807) is 12.1 Å². The number of carbonyl (C=O) groups excluding carboxylic acids is 1. The second-order valence-corrected chi connectivity index (χ2v) is 4.69. The molecule has 0 N–H and O–H groups in total. The summed E-state index contributed by atoms with van der Waals surface area (Å²) in [4.78, 5) is 11.9. The topological polar surface area (TPSA) is 26.3 Å². The molecule has 17 heavy (non-hydrogen) atoms. The molecular formula is C14H20HgO2. The van der Waals surface area contributed by atoms with Gasteiger partial charge in [-0.1, -0.05) is 38.0 Å². The van der Waals surface area contributed by atoms with Gasteiger partial charge in [0.15, 0.2) is 0 Å². The van der Waals surface area contributed by atoms with E-state index in [0.29, 0.717) is 5.75 Å². The zero-order chi connectivity index (χ0) is 12.0. The third kappa shape index (κ3) is 5.67. The molecule has 1 aromatic carbocycles. The predicted molar refractivity (Wildman–Crippen MR) is 65.4 cm³/mol. The van der Waals surface area contributed by atoms with Gasteiger partial charge in [0.2, 0.25) is 0 Å². The van der Waals surface area contributed by atoms with Gasteiger partial charge in [0.25, 0.3) is 0 Å². The van der Waals surface area contributed by atoms with Crippen molar-refractivity contribution in [2.75, 3.05) is 0 Å². The molecule has 2 nitrogen and oxygen atoms in total. The fraction of sp³-hybridized carbons (Fsp3) is 0.500. The SMILES string of the molecule is CCCCC(C)(C)C(=O)Oc1ccccc1.[Hg]. The molecule has 90 valence electrons. The van der Waals surface area contributed by atoms with E-state index < -0.39 is 5.41 Å². The summed E-state index contributed by atoms with van der Waals surface area (Å²) < 4.78 is 5.34. The molecule has 0 aliphatic rings. The summed E-state index contributed by atoms with van der Waals surface area (Å²) in [6.07, 6.45) is 3.02. The summed E-state index contributed by atoms with van der Waals surface area (Å²) in [5.41, 5.74) is -0.397. The number of rotatable bonds is 5. The number of carbonyl (C=O) groups is 1. The largest absolute Gasteiger partial charge is 0.426 e. The zero-order valence-electron chi connectivity index (χ0n) is 11.0. The molecule has 0 fully saturated rings. The Kier molecular flexibility index (Phi) is 7.68. The molecule has 0 heterocycles. The van der Waals surface area contributed by atoms with Gasteiger partial charge in [-0.25, -0.2) is 0 Å². The van der Waals surface area contributed by atoms with Crippen molar-refractivity contribution < 1.29 is 37.2 Å². The Morgan fingerprint density at radius 3 is 2.35 bits per heavy atom. The number of hydrogen-bond donors (Lipinski definition) is 0. The molecule has 0 spiro atoms. The van der Waals surface area contributed by atoms with Crippen LogP contribution in [0, 0.1) is 5.41 Å². The Labute approximate surface area is 124 Å². The van der Waals surface area contributed by atoms with Crippen LogP contribution in [-0.4, -0.2) is 5.97 Å². The molecule has 1 aromatic rings. The van der Waals surface area contributed by atoms with Gasteiger partial charge in [-0.3, -0.25) is 4.79 Å². The molecule has 0 bridgehead atoms. The summed E-state index contributed by atoms with van der Waals surface area (Å²) in [5.74, 6) is 0.476. The molecule has 0 atom stereocenters. The van der Waals surface area contributed by atoms with E-state index in [2.05, 4.69) is 6.92 Å². The smallest absolute Gasteiger partial charge is 0.316 e. The van der Waals surface area contributed by atoms with E-state index in [1.165, 1.54) is 0 Å². The number of ether oxygens (including phenoxy) is 1. The third-order valence-electron chi connectivity index (χ3n) is 2.66. The fourth-order valence-electron chi connectivity index (χ4n) is 1.45. The normalized spacial score (nSPS) is 10.5. The maximum absolute atomic E-state index is 11.9. The van der Waals surface area contributed by atoms with Gasteiger partial charge in [-0.2, -0.15) is 0 Å². The summed E-state index contributed by atoms with van der Waals surface area (Å²) in [6.45, 7) is 6.00. The summed E-state index contributed by atoms with van der Waals surface area (Å²) in [6, 6.07) is 9.23. The number of para-hydroxylation sites is 1. The second kappa shape index (κ2) is 7.86. The summed E-state index contributed by atoms with van der Waals surface area (Å²) >= 11 is 0. The quantitative estimate of drug-likeness (QED) is 0.411. The maximum atomic E-state index is 11.9. The van der Waals surface area contributed by atoms with Gasteiger partial charge in [-0.15, -0.1) is 0 Å². The van der Waals surface area contributed by atoms with Crippen LogP contribution in [0.25, 0.3) is 0 Å². The van der Waals surface area contributed by atoms with Crippen LogP contribution in [0.1, 0.15) is 40.0 Å². The van der Waals surface area contributed by atoms with Crippen LogP contribution in [0.4, 0.5) is 0 Å². The molecule has 0 aromatic heterocycles. The Balaban J connectivity index is 0.00000256. The molecule has 3 heteroatoms. The van der Waals surface area contributed by atoms with Crippen molar-refractivity contribution >= 4 is 5.97 Å². The summed E-state index contributed by atoms with van der Waals surface area (Å²) in [5, 5.41) is 0. The Bertz CT molecular complexity index is 333. The Hall–Kier alpha value is -0.375.